The van der Waals surface area contributed by atoms with E-state index >= 15 is 0 Å². The van der Waals surface area contributed by atoms with Gasteiger partial charge in [-0.05, 0) is 37.1 Å². The highest BCUT2D eigenvalue weighted by Gasteiger charge is 2.21. The van der Waals surface area contributed by atoms with Crippen LogP contribution >= 0.6 is 11.8 Å². The van der Waals surface area contributed by atoms with E-state index in [1.807, 2.05) is 41.0 Å². The van der Waals surface area contributed by atoms with Gasteiger partial charge < -0.3 is 10.1 Å². The summed E-state index contributed by atoms with van der Waals surface area (Å²) in [6, 6.07) is 11.8. The largest absolute Gasteiger partial charge is 0.495 e. The normalized spacial score (nSPS) is 14.1. The first-order valence-corrected chi connectivity index (χ1v) is 10.7. The van der Waals surface area contributed by atoms with Gasteiger partial charge in [0.05, 0.1) is 18.6 Å². The lowest BCUT2D eigenvalue weighted by Gasteiger charge is -2.14. The molecule has 0 saturated heterocycles. The van der Waals surface area contributed by atoms with Crippen LogP contribution in [-0.2, 0) is 4.79 Å². The number of amides is 1. The number of carbonyl (C=O) groups excluding carboxylic acids is 1. The van der Waals surface area contributed by atoms with Crippen LogP contribution in [0.3, 0.4) is 0 Å². The van der Waals surface area contributed by atoms with Crippen LogP contribution in [0.1, 0.15) is 25.7 Å². The van der Waals surface area contributed by atoms with Crippen molar-refractivity contribution in [1.29, 1.82) is 0 Å². The third kappa shape index (κ3) is 4.42. The van der Waals surface area contributed by atoms with Crippen LogP contribution in [0, 0.1) is 0 Å². The first kappa shape index (κ1) is 19.4. The lowest BCUT2D eigenvalue weighted by Crippen LogP contribution is -2.33. The highest BCUT2D eigenvalue weighted by molar-refractivity contribution is 7.99. The number of para-hydroxylation sites is 2. The molecule has 1 fully saturated rings. The summed E-state index contributed by atoms with van der Waals surface area (Å²) in [5.74, 6) is 1.67. The molecular weight excluding hydrogens is 386 g/mol. The van der Waals surface area contributed by atoms with Crippen LogP contribution in [0.25, 0.3) is 17.1 Å². The highest BCUT2D eigenvalue weighted by atomic mass is 32.2. The molecule has 7 nitrogen and oxygen atoms in total. The number of hydrogen-bond acceptors (Lipinski definition) is 6. The van der Waals surface area contributed by atoms with Crippen LogP contribution in [0.5, 0.6) is 5.75 Å². The Morgan fingerprint density at radius 2 is 2.03 bits per heavy atom. The van der Waals surface area contributed by atoms with Crippen molar-refractivity contribution in [1.82, 2.24) is 25.1 Å². The van der Waals surface area contributed by atoms with E-state index in [0.29, 0.717) is 22.8 Å². The number of ether oxygens (including phenoxy) is 1. The maximum absolute atomic E-state index is 12.4. The van der Waals surface area contributed by atoms with Gasteiger partial charge in [0.2, 0.25) is 5.91 Å². The molecule has 4 rings (SSSR count). The summed E-state index contributed by atoms with van der Waals surface area (Å²) in [4.78, 5) is 16.6. The molecule has 150 valence electrons. The number of carbonyl (C=O) groups is 1. The molecule has 8 heteroatoms. The highest BCUT2D eigenvalue weighted by Crippen LogP contribution is 2.32. The van der Waals surface area contributed by atoms with Gasteiger partial charge in [-0.15, -0.1) is 10.2 Å². The van der Waals surface area contributed by atoms with Crippen molar-refractivity contribution in [2.45, 2.75) is 36.9 Å². The van der Waals surface area contributed by atoms with E-state index in [2.05, 4.69) is 20.5 Å². The Hall–Kier alpha value is -2.87. The lowest BCUT2D eigenvalue weighted by molar-refractivity contribution is -0.119. The zero-order valence-electron chi connectivity index (χ0n) is 16.2. The smallest absolute Gasteiger partial charge is 0.230 e. The van der Waals surface area contributed by atoms with E-state index in [1.54, 1.807) is 19.5 Å². The van der Waals surface area contributed by atoms with E-state index in [0.717, 1.165) is 24.1 Å². The number of benzene rings is 1. The molecule has 1 aliphatic rings. The molecule has 0 aliphatic heterocycles. The molecule has 0 atom stereocenters. The third-order valence-corrected chi connectivity index (χ3v) is 5.86. The molecule has 2 aromatic heterocycles. The Balaban J connectivity index is 1.63. The lowest BCUT2D eigenvalue weighted by atomic mass is 10.2. The van der Waals surface area contributed by atoms with E-state index in [-0.39, 0.29) is 11.7 Å². The Bertz CT molecular complexity index is 970. The SMILES string of the molecule is COc1ccccc1-n1c(SCC(=O)NC2CCCC2)nnc1-c1cccnc1. The fourth-order valence-corrected chi connectivity index (χ4v) is 4.30. The average molecular weight is 410 g/mol. The number of hydrogen-bond donors (Lipinski definition) is 1. The van der Waals surface area contributed by atoms with E-state index in [1.165, 1.54) is 24.6 Å². The maximum atomic E-state index is 12.4. The maximum Gasteiger partial charge on any atom is 0.230 e. The second-order valence-electron chi connectivity index (χ2n) is 6.89. The van der Waals surface area contributed by atoms with Gasteiger partial charge in [0.1, 0.15) is 5.75 Å². The summed E-state index contributed by atoms with van der Waals surface area (Å²) >= 11 is 1.37. The minimum absolute atomic E-state index is 0.0272. The van der Waals surface area contributed by atoms with Gasteiger partial charge >= 0.3 is 0 Å². The van der Waals surface area contributed by atoms with Crippen LogP contribution < -0.4 is 10.1 Å². The molecule has 2 heterocycles. The zero-order valence-corrected chi connectivity index (χ0v) is 17.1. The summed E-state index contributed by atoms with van der Waals surface area (Å²) in [5, 5.41) is 12.5. The quantitative estimate of drug-likeness (QED) is 0.602. The summed E-state index contributed by atoms with van der Waals surface area (Å²) in [6.07, 6.45) is 7.98. The Morgan fingerprint density at radius 3 is 2.79 bits per heavy atom. The molecule has 1 aromatic carbocycles. The van der Waals surface area contributed by atoms with Crippen molar-refractivity contribution < 1.29 is 9.53 Å². The van der Waals surface area contributed by atoms with Crippen LogP contribution in [0.4, 0.5) is 0 Å². The number of nitrogens with one attached hydrogen (secondary N) is 1. The monoisotopic (exact) mass is 409 g/mol. The number of rotatable bonds is 7. The van der Waals surface area contributed by atoms with Crippen molar-refractivity contribution in [3.05, 3.63) is 48.8 Å². The van der Waals surface area contributed by atoms with Gasteiger partial charge in [-0.1, -0.05) is 36.7 Å². The molecule has 0 bridgehead atoms. The molecular formula is C21H23N5O2S. The standard InChI is InChI=1S/C21H23N5O2S/c1-28-18-11-5-4-10-17(18)26-20(15-7-6-12-22-13-15)24-25-21(26)29-14-19(27)23-16-8-2-3-9-16/h4-7,10-13,16H,2-3,8-9,14H2,1H3,(H,23,27). The number of methoxy groups -OCH3 is 1. The summed E-state index contributed by atoms with van der Waals surface area (Å²) in [7, 11) is 1.63. The molecule has 29 heavy (non-hydrogen) atoms. The Labute approximate surface area is 173 Å². The fourth-order valence-electron chi connectivity index (χ4n) is 3.55. The van der Waals surface area contributed by atoms with Crippen molar-refractivity contribution in [2.75, 3.05) is 12.9 Å². The summed E-state index contributed by atoms with van der Waals surface area (Å²) < 4.78 is 7.47. The average Bonchev–Trinajstić information content (AvgIpc) is 3.42. The van der Waals surface area contributed by atoms with Crippen molar-refractivity contribution in [3.8, 4) is 22.8 Å². The minimum atomic E-state index is 0.0272. The number of nitrogens with zero attached hydrogens (tertiary/aromatic N) is 4. The first-order valence-electron chi connectivity index (χ1n) is 9.67. The van der Waals surface area contributed by atoms with Gasteiger partial charge in [0.15, 0.2) is 11.0 Å². The predicted molar refractivity (Wildman–Crippen MR) is 112 cm³/mol. The van der Waals surface area contributed by atoms with Gasteiger partial charge in [0, 0.05) is 24.0 Å². The second kappa shape index (κ2) is 9.09. The molecule has 0 unspecified atom stereocenters. The second-order valence-corrected chi connectivity index (χ2v) is 7.84. The molecule has 1 saturated carbocycles. The van der Waals surface area contributed by atoms with Gasteiger partial charge in [0.25, 0.3) is 0 Å². The van der Waals surface area contributed by atoms with Crippen molar-refractivity contribution >= 4 is 17.7 Å². The summed E-state index contributed by atoms with van der Waals surface area (Å²) in [5.41, 5.74) is 1.66. The molecule has 3 aromatic rings. The van der Waals surface area contributed by atoms with Gasteiger partial charge in [-0.3, -0.25) is 14.3 Å². The van der Waals surface area contributed by atoms with E-state index in [4.69, 9.17) is 4.74 Å². The number of pyridine rings is 1. The predicted octanol–water partition coefficient (Wildman–Crippen LogP) is 3.49. The van der Waals surface area contributed by atoms with Crippen LogP contribution in [0.2, 0.25) is 0 Å². The van der Waals surface area contributed by atoms with E-state index < -0.39 is 0 Å². The first-order chi connectivity index (χ1) is 14.3. The van der Waals surface area contributed by atoms with E-state index in [9.17, 15) is 4.79 Å². The molecule has 0 spiro atoms. The Kier molecular flexibility index (Phi) is 6.09. The molecule has 1 amide bonds. The number of aromatic nitrogens is 4. The van der Waals surface area contributed by atoms with Crippen molar-refractivity contribution in [2.24, 2.45) is 0 Å². The van der Waals surface area contributed by atoms with Gasteiger partial charge in [-0.2, -0.15) is 0 Å². The van der Waals surface area contributed by atoms with Crippen molar-refractivity contribution in [3.63, 3.8) is 0 Å². The summed E-state index contributed by atoms with van der Waals surface area (Å²) in [6.45, 7) is 0. The minimum Gasteiger partial charge on any atom is -0.495 e. The van der Waals surface area contributed by atoms with Crippen LogP contribution in [-0.4, -0.2) is 44.6 Å². The fraction of sp³-hybridized carbons (Fsp3) is 0.333. The number of thioether (sulfide) groups is 1. The van der Waals surface area contributed by atoms with Crippen LogP contribution in [0.15, 0.2) is 53.9 Å². The van der Waals surface area contributed by atoms with Gasteiger partial charge in [-0.25, -0.2) is 0 Å². The molecule has 1 N–H and O–H groups in total. The Morgan fingerprint density at radius 1 is 1.21 bits per heavy atom. The molecule has 0 radical (unpaired) electrons. The molecule has 1 aliphatic carbocycles. The topological polar surface area (TPSA) is 81.9 Å². The third-order valence-electron chi connectivity index (χ3n) is 4.93. The zero-order chi connectivity index (χ0) is 20.1.